The van der Waals surface area contributed by atoms with E-state index in [-0.39, 0.29) is 18.6 Å². The van der Waals surface area contributed by atoms with E-state index in [2.05, 4.69) is 145 Å². The van der Waals surface area contributed by atoms with E-state index in [1.807, 2.05) is 6.92 Å². The number of hydrogen-bond acceptors (Lipinski definition) is 2. The van der Waals surface area contributed by atoms with Crippen molar-refractivity contribution in [2.75, 3.05) is 6.61 Å². The van der Waals surface area contributed by atoms with E-state index in [1.165, 1.54) is 6.42 Å². The fraction of sp³-hybridized carbons (Fsp3) is 1.00. The summed E-state index contributed by atoms with van der Waals surface area (Å²) in [6, 6.07) is 0. The normalized spacial score (nSPS) is 13.8. The van der Waals surface area contributed by atoms with Gasteiger partial charge in [0.05, 0.1) is 17.3 Å². The first-order chi connectivity index (χ1) is 14.9. The second-order valence-corrected chi connectivity index (χ2v) is 16.7. The number of rotatable bonds is 3. The minimum Gasteiger partial charge on any atom is -0.376 e. The molecule has 0 aliphatic heterocycles. The summed E-state index contributed by atoms with van der Waals surface area (Å²) < 4.78 is 11.0. The van der Waals surface area contributed by atoms with Gasteiger partial charge in [-0.1, -0.05) is 111 Å². The van der Waals surface area contributed by atoms with Gasteiger partial charge in [-0.15, -0.1) is 0 Å². The Morgan fingerprint density at radius 1 is 0.528 bits per heavy atom. The molecule has 0 N–H and O–H groups in total. The summed E-state index contributed by atoms with van der Waals surface area (Å²) in [5, 5.41) is 0. The van der Waals surface area contributed by atoms with Crippen LogP contribution in [0.1, 0.15) is 173 Å². The van der Waals surface area contributed by atoms with Crippen LogP contribution < -0.4 is 0 Å². The van der Waals surface area contributed by atoms with Crippen molar-refractivity contribution in [1.29, 1.82) is 0 Å². The summed E-state index contributed by atoms with van der Waals surface area (Å²) in [5.41, 5.74) is 1.83. The number of ether oxygens (including phenoxy) is 2. The van der Waals surface area contributed by atoms with Crippen LogP contribution >= 0.6 is 0 Å². The van der Waals surface area contributed by atoms with Crippen molar-refractivity contribution in [1.82, 2.24) is 0 Å². The highest BCUT2D eigenvalue weighted by molar-refractivity contribution is 4.79. The first-order valence-electron chi connectivity index (χ1n) is 14.2. The zero-order chi connectivity index (χ0) is 29.7. The molecule has 0 amide bonds. The summed E-state index contributed by atoms with van der Waals surface area (Å²) in [7, 11) is 0. The maximum absolute atomic E-state index is 5.81. The second-order valence-electron chi connectivity index (χ2n) is 16.7. The summed E-state index contributed by atoms with van der Waals surface area (Å²) in [6.45, 7) is 49.3. The molecule has 226 valence electrons. The van der Waals surface area contributed by atoms with Crippen molar-refractivity contribution in [2.45, 2.75) is 190 Å². The van der Waals surface area contributed by atoms with Gasteiger partial charge >= 0.3 is 0 Å². The van der Waals surface area contributed by atoms with Gasteiger partial charge in [-0.3, -0.25) is 0 Å². The van der Waals surface area contributed by atoms with Crippen LogP contribution in [0.2, 0.25) is 0 Å². The topological polar surface area (TPSA) is 18.5 Å². The van der Waals surface area contributed by atoms with Gasteiger partial charge in [-0.2, -0.15) is 0 Å². The van der Waals surface area contributed by atoms with Gasteiger partial charge in [-0.25, -0.2) is 0 Å². The summed E-state index contributed by atoms with van der Waals surface area (Å²) in [4.78, 5) is 0. The van der Waals surface area contributed by atoms with E-state index in [1.54, 1.807) is 0 Å². The predicted molar refractivity (Wildman–Crippen MR) is 170 cm³/mol. The molecule has 0 radical (unpaired) electrons. The molecule has 0 bridgehead atoms. The van der Waals surface area contributed by atoms with Gasteiger partial charge in [0.15, 0.2) is 0 Å². The van der Waals surface area contributed by atoms with Crippen LogP contribution in [0.3, 0.4) is 0 Å². The Kier molecular flexibility index (Phi) is 23.2. The summed E-state index contributed by atoms with van der Waals surface area (Å²) >= 11 is 0. The fourth-order valence-corrected chi connectivity index (χ4v) is 3.24. The smallest absolute Gasteiger partial charge is 0.0602 e. The molecule has 0 aromatic heterocycles. The van der Waals surface area contributed by atoms with E-state index >= 15 is 0 Å². The van der Waals surface area contributed by atoms with E-state index in [9.17, 15) is 0 Å². The first-order valence-corrected chi connectivity index (χ1v) is 14.2. The maximum atomic E-state index is 5.81. The van der Waals surface area contributed by atoms with Crippen LogP contribution in [0.25, 0.3) is 0 Å². The lowest BCUT2D eigenvalue weighted by Crippen LogP contribution is -2.29. The average molecular weight is 519 g/mol. The minimum atomic E-state index is -0.00926. The molecule has 0 aliphatic carbocycles. The van der Waals surface area contributed by atoms with Gasteiger partial charge in [-0.05, 0) is 89.4 Å². The van der Waals surface area contributed by atoms with Crippen LogP contribution in [-0.4, -0.2) is 23.9 Å². The van der Waals surface area contributed by atoms with Crippen LogP contribution in [0, 0.1) is 27.6 Å². The fourth-order valence-electron chi connectivity index (χ4n) is 3.24. The Morgan fingerprint density at radius 2 is 0.833 bits per heavy atom. The molecule has 0 aromatic rings. The SMILES string of the molecule is C.CC(C(C)(C)C)C(C)(C)C.CCC(C)(C)C.CCOC(C)(C)C.C[C@H](CC(C)(C)C)OC(C)(C)C. The third-order valence-corrected chi connectivity index (χ3v) is 5.69. The lowest BCUT2D eigenvalue weighted by molar-refractivity contribution is -0.0650. The van der Waals surface area contributed by atoms with Crippen molar-refractivity contribution in [3.8, 4) is 0 Å². The predicted octanol–water partition coefficient (Wildman–Crippen LogP) is 12.2. The zero-order valence-corrected chi connectivity index (χ0v) is 29.1. The zero-order valence-electron chi connectivity index (χ0n) is 29.1. The molecule has 36 heavy (non-hydrogen) atoms. The number of hydrogen-bond donors (Lipinski definition) is 0. The van der Waals surface area contributed by atoms with Crippen molar-refractivity contribution >= 4 is 0 Å². The van der Waals surface area contributed by atoms with Gasteiger partial charge in [0.25, 0.3) is 0 Å². The Bertz CT molecular complexity index is 446. The molecule has 0 spiro atoms. The standard InChI is InChI=1S/C11H24O.C10H22.C6H14O.C6H14.CH4/c1-9(8-10(2,3)4)12-11(5,6)7;1-8(9(2,3)4)10(5,6)7;1-5-7-6(2,3)4;1-5-6(2,3)4;/h9H,8H2,1-7H3;8H,1-7H3;5H2,1-4H3;5H2,1-4H3;1H4/t9-;;;;/m1..../s1. The molecule has 0 aromatic carbocycles. The molecule has 0 heterocycles. The first kappa shape index (κ1) is 45.8. The van der Waals surface area contributed by atoms with Crippen LogP contribution in [-0.2, 0) is 9.47 Å². The molecule has 0 saturated carbocycles. The quantitative estimate of drug-likeness (QED) is 0.370. The highest BCUT2D eigenvalue weighted by Gasteiger charge is 2.30. The molecule has 1 atom stereocenters. The Morgan fingerprint density at radius 3 is 0.917 bits per heavy atom. The monoisotopic (exact) mass is 519 g/mol. The molecule has 0 fully saturated rings. The van der Waals surface area contributed by atoms with E-state index in [0.29, 0.717) is 27.8 Å². The second kappa shape index (κ2) is 18.3. The van der Waals surface area contributed by atoms with Gasteiger partial charge in [0.2, 0.25) is 0 Å². The van der Waals surface area contributed by atoms with Crippen LogP contribution in [0.4, 0.5) is 0 Å². The lowest BCUT2D eigenvalue weighted by Gasteiger charge is -2.38. The van der Waals surface area contributed by atoms with E-state index in [4.69, 9.17) is 9.47 Å². The largest absolute Gasteiger partial charge is 0.376 e. The van der Waals surface area contributed by atoms with Crippen molar-refractivity contribution in [2.24, 2.45) is 27.6 Å². The van der Waals surface area contributed by atoms with E-state index < -0.39 is 0 Å². The van der Waals surface area contributed by atoms with E-state index in [0.717, 1.165) is 18.9 Å². The molecular formula is C34H78O2. The summed E-state index contributed by atoms with van der Waals surface area (Å²) in [5.74, 6) is 0.764. The van der Waals surface area contributed by atoms with Gasteiger partial charge in [0.1, 0.15) is 0 Å². The summed E-state index contributed by atoms with van der Waals surface area (Å²) in [6.07, 6.45) is 2.74. The maximum Gasteiger partial charge on any atom is 0.0602 e. The Hall–Kier alpha value is -0.0800. The molecule has 2 heteroatoms. The van der Waals surface area contributed by atoms with Gasteiger partial charge in [0, 0.05) is 6.61 Å². The highest BCUT2D eigenvalue weighted by Crippen LogP contribution is 2.38. The molecule has 2 nitrogen and oxygen atoms in total. The highest BCUT2D eigenvalue weighted by atomic mass is 16.5. The van der Waals surface area contributed by atoms with Crippen LogP contribution in [0.15, 0.2) is 0 Å². The molecule has 0 rings (SSSR count). The van der Waals surface area contributed by atoms with Crippen molar-refractivity contribution < 1.29 is 9.47 Å². The third kappa shape index (κ3) is 44.0. The molecule has 0 unspecified atom stereocenters. The average Bonchev–Trinajstić information content (AvgIpc) is 2.48. The Balaban J connectivity index is -0.000000122. The Labute approximate surface area is 233 Å². The lowest BCUT2D eigenvalue weighted by atomic mass is 9.68. The van der Waals surface area contributed by atoms with Crippen molar-refractivity contribution in [3.05, 3.63) is 0 Å². The van der Waals surface area contributed by atoms with Crippen LogP contribution in [0.5, 0.6) is 0 Å². The van der Waals surface area contributed by atoms with Gasteiger partial charge < -0.3 is 9.47 Å². The third-order valence-electron chi connectivity index (χ3n) is 5.69. The molecule has 0 aliphatic rings. The minimum absolute atomic E-state index is 0. The molecular weight excluding hydrogens is 440 g/mol. The van der Waals surface area contributed by atoms with Crippen molar-refractivity contribution in [3.63, 3.8) is 0 Å². The molecule has 0 saturated heterocycles.